The van der Waals surface area contributed by atoms with Gasteiger partial charge in [0, 0.05) is 55.1 Å². The third-order valence-electron chi connectivity index (χ3n) is 5.21. The van der Waals surface area contributed by atoms with Gasteiger partial charge in [0.2, 0.25) is 0 Å². The number of fused-ring (bicyclic) bond motifs is 1. The number of alkyl halides is 1. The van der Waals surface area contributed by atoms with Crippen molar-refractivity contribution in [1.29, 1.82) is 0 Å². The molecule has 6 heteroatoms. The number of hydrogen-bond donors (Lipinski definition) is 0. The van der Waals surface area contributed by atoms with E-state index in [4.69, 9.17) is 13.9 Å². The number of benzene rings is 3. The fourth-order valence-electron chi connectivity index (χ4n) is 3.69. The third-order valence-corrected chi connectivity index (χ3v) is 5.54. The topological polar surface area (TPSA) is 48.7 Å². The molecule has 0 aliphatic rings. The summed E-state index contributed by atoms with van der Waals surface area (Å²) in [6.07, 6.45) is 0.584. The van der Waals surface area contributed by atoms with Gasteiger partial charge >= 0.3 is 5.63 Å². The van der Waals surface area contributed by atoms with Gasteiger partial charge in [0.1, 0.15) is 17.1 Å². The summed E-state index contributed by atoms with van der Waals surface area (Å²) in [4.78, 5) is 13.1. The van der Waals surface area contributed by atoms with Crippen LogP contribution >= 0.6 is 15.9 Å². The van der Waals surface area contributed by atoms with Crippen molar-refractivity contribution in [2.24, 2.45) is 0 Å². The van der Waals surface area contributed by atoms with E-state index < -0.39 is 0 Å². The zero-order chi connectivity index (χ0) is 21.8. The molecule has 0 saturated carbocycles. The molecule has 1 heterocycles. The molecular formula is C26H22BrO4Y-. The molecule has 0 amide bonds. The average molecular weight is 567 g/mol. The largest absolute Gasteiger partial charge is 0.497 e. The predicted octanol–water partition coefficient (Wildman–Crippen LogP) is 5.94. The van der Waals surface area contributed by atoms with Gasteiger partial charge in [-0.2, -0.15) is 29.8 Å². The van der Waals surface area contributed by atoms with Crippen LogP contribution in [0.5, 0.6) is 11.5 Å². The molecule has 0 bridgehead atoms. The Bertz CT molecular complexity index is 1270. The molecule has 0 spiro atoms. The molecule has 0 fully saturated rings. The summed E-state index contributed by atoms with van der Waals surface area (Å²) >= 11 is 3.37. The van der Waals surface area contributed by atoms with E-state index in [1.54, 1.807) is 13.2 Å². The molecular weight excluding hydrogens is 545 g/mol. The molecule has 0 atom stereocenters. The number of halogens is 1. The van der Waals surface area contributed by atoms with Gasteiger partial charge in [-0.15, -0.1) is 5.56 Å². The quantitative estimate of drug-likeness (QED) is 0.158. The Kier molecular flexibility index (Phi) is 8.69. The summed E-state index contributed by atoms with van der Waals surface area (Å²) in [6, 6.07) is 22.3. The first-order valence-electron chi connectivity index (χ1n) is 9.99. The van der Waals surface area contributed by atoms with Crippen molar-refractivity contribution in [2.45, 2.75) is 13.3 Å². The van der Waals surface area contributed by atoms with Crippen LogP contribution in [-0.4, -0.2) is 19.0 Å². The maximum absolute atomic E-state index is 13.1. The van der Waals surface area contributed by atoms with E-state index in [0.717, 1.165) is 38.7 Å². The van der Waals surface area contributed by atoms with Gasteiger partial charge in [0.25, 0.3) is 0 Å². The van der Waals surface area contributed by atoms with Gasteiger partial charge in [-0.05, 0) is 41.8 Å². The molecule has 4 nitrogen and oxygen atoms in total. The first-order chi connectivity index (χ1) is 15.1. The van der Waals surface area contributed by atoms with Crippen LogP contribution in [0, 0.1) is 13.0 Å². The maximum Gasteiger partial charge on any atom is 0.342 e. The minimum absolute atomic E-state index is 0. The van der Waals surface area contributed by atoms with Crippen molar-refractivity contribution in [3.63, 3.8) is 0 Å². The molecule has 4 rings (SSSR count). The number of aryl methyl sites for hydroxylation is 1. The van der Waals surface area contributed by atoms with Crippen molar-refractivity contribution in [1.82, 2.24) is 0 Å². The number of hydrogen-bond acceptors (Lipinski definition) is 4. The van der Waals surface area contributed by atoms with Crippen LogP contribution in [-0.2, 0) is 39.1 Å². The smallest absolute Gasteiger partial charge is 0.342 e. The standard InChI is InChI=1S/C26H22BrO4.Y/c1-17-5-3-4-6-21(17)25-23(15-18-7-9-19(10-8-18)30-14-13-27)22-12-11-20(29-2)16-24(22)31-26(25)28;/h4-12,16H,13-15H2,1-2H3;/q-1;. The molecule has 0 saturated heterocycles. The fourth-order valence-corrected chi connectivity index (χ4v) is 3.85. The Morgan fingerprint density at radius 1 is 1.06 bits per heavy atom. The second-order valence-corrected chi connectivity index (χ2v) is 8.00. The van der Waals surface area contributed by atoms with Crippen LogP contribution in [0.3, 0.4) is 0 Å². The molecule has 0 aliphatic heterocycles. The van der Waals surface area contributed by atoms with Crippen molar-refractivity contribution >= 4 is 26.9 Å². The van der Waals surface area contributed by atoms with Crippen LogP contribution in [0.4, 0.5) is 0 Å². The summed E-state index contributed by atoms with van der Waals surface area (Å²) in [6.45, 7) is 2.59. The van der Waals surface area contributed by atoms with Gasteiger partial charge in [-0.1, -0.05) is 35.0 Å². The first kappa shape index (κ1) is 24.7. The van der Waals surface area contributed by atoms with Crippen LogP contribution in [0.1, 0.15) is 16.7 Å². The summed E-state index contributed by atoms with van der Waals surface area (Å²) in [5.41, 5.74) is 4.58. The van der Waals surface area contributed by atoms with Crippen LogP contribution < -0.4 is 15.1 Å². The van der Waals surface area contributed by atoms with Gasteiger partial charge in [0.05, 0.1) is 13.7 Å². The summed E-state index contributed by atoms with van der Waals surface area (Å²) in [7, 11) is 1.59. The molecule has 0 unspecified atom stereocenters. The van der Waals surface area contributed by atoms with E-state index in [9.17, 15) is 4.79 Å². The molecule has 161 valence electrons. The minimum Gasteiger partial charge on any atom is -0.497 e. The molecule has 1 radical (unpaired) electrons. The zero-order valence-corrected chi connectivity index (χ0v) is 22.4. The number of rotatable bonds is 7. The predicted molar refractivity (Wildman–Crippen MR) is 127 cm³/mol. The molecule has 32 heavy (non-hydrogen) atoms. The normalized spacial score (nSPS) is 10.6. The van der Waals surface area contributed by atoms with Crippen molar-refractivity contribution < 1.29 is 46.6 Å². The maximum atomic E-state index is 13.1. The molecule has 4 aromatic rings. The Hall–Kier alpha value is -1.95. The van der Waals surface area contributed by atoms with Crippen molar-refractivity contribution in [3.05, 3.63) is 93.8 Å². The number of ether oxygens (including phenoxy) is 2. The molecule has 0 N–H and O–H groups in total. The van der Waals surface area contributed by atoms with Crippen molar-refractivity contribution in [2.75, 3.05) is 19.0 Å². The summed E-state index contributed by atoms with van der Waals surface area (Å²) in [5, 5.41) is 1.67. The summed E-state index contributed by atoms with van der Waals surface area (Å²) < 4.78 is 16.7. The molecule has 1 aromatic heterocycles. The average Bonchev–Trinajstić information content (AvgIpc) is 2.79. The SMILES string of the molecule is COc1ccc2c(Cc3ccc(OCCBr)cc3)c(-c3cc[c-]cc3C)c(=O)oc2c1.[Y]. The Balaban J connectivity index is 0.00000289. The molecule has 3 aromatic carbocycles. The van der Waals surface area contributed by atoms with E-state index >= 15 is 0 Å². The summed E-state index contributed by atoms with van der Waals surface area (Å²) in [5.74, 6) is 1.47. The Morgan fingerprint density at radius 3 is 2.50 bits per heavy atom. The minimum atomic E-state index is -0.359. The van der Waals surface area contributed by atoms with E-state index in [1.165, 1.54) is 0 Å². The fraction of sp³-hybridized carbons (Fsp3) is 0.192. The second-order valence-electron chi connectivity index (χ2n) is 7.20. The third kappa shape index (κ3) is 5.33. The van der Waals surface area contributed by atoms with Crippen LogP contribution in [0.25, 0.3) is 22.1 Å². The zero-order valence-electron chi connectivity index (χ0n) is 18.0. The van der Waals surface area contributed by atoms with E-state index in [1.807, 2.05) is 61.5 Å². The first-order valence-corrected chi connectivity index (χ1v) is 11.1. The Morgan fingerprint density at radius 2 is 1.81 bits per heavy atom. The van der Waals surface area contributed by atoms with Gasteiger partial charge < -0.3 is 13.9 Å². The van der Waals surface area contributed by atoms with E-state index in [-0.39, 0.29) is 38.3 Å². The molecule has 0 aliphatic carbocycles. The van der Waals surface area contributed by atoms with Gasteiger partial charge in [-0.3, -0.25) is 0 Å². The van der Waals surface area contributed by atoms with E-state index in [2.05, 4.69) is 22.0 Å². The van der Waals surface area contributed by atoms with Crippen LogP contribution in [0.2, 0.25) is 0 Å². The van der Waals surface area contributed by atoms with Gasteiger partial charge in [0.15, 0.2) is 0 Å². The Labute approximate surface area is 220 Å². The second kappa shape index (κ2) is 11.3. The monoisotopic (exact) mass is 566 g/mol. The van der Waals surface area contributed by atoms with Gasteiger partial charge in [-0.25, -0.2) is 4.79 Å². The van der Waals surface area contributed by atoms with Crippen LogP contribution in [0.15, 0.2) is 69.9 Å². The van der Waals surface area contributed by atoms with Crippen molar-refractivity contribution in [3.8, 4) is 22.6 Å². The van der Waals surface area contributed by atoms with E-state index in [0.29, 0.717) is 29.9 Å². The number of methoxy groups -OCH3 is 1.